The zero-order valence-corrected chi connectivity index (χ0v) is 10.6. The van der Waals surface area contributed by atoms with Gasteiger partial charge in [0.15, 0.2) is 0 Å². The number of tetrazole rings is 1. The summed E-state index contributed by atoms with van der Waals surface area (Å²) in [4.78, 5) is 11.5. The average molecular weight is 261 g/mol. The van der Waals surface area contributed by atoms with Crippen molar-refractivity contribution in [1.29, 1.82) is 0 Å². The zero-order valence-electron chi connectivity index (χ0n) is 10.6. The monoisotopic (exact) mass is 261 g/mol. The Bertz CT molecular complexity index is 553. The summed E-state index contributed by atoms with van der Waals surface area (Å²) in [5.74, 6) is -0.108. The van der Waals surface area contributed by atoms with Gasteiger partial charge in [-0.05, 0) is 47.5 Å². The lowest BCUT2D eigenvalue weighted by Gasteiger charge is -2.09. The van der Waals surface area contributed by atoms with E-state index in [1.165, 1.54) is 6.33 Å². The lowest BCUT2D eigenvalue weighted by Crippen LogP contribution is -2.12. The van der Waals surface area contributed by atoms with E-state index in [2.05, 4.69) is 20.8 Å². The molecule has 7 nitrogen and oxygen atoms in total. The minimum atomic E-state index is -0.108. The molecule has 0 bridgehead atoms. The molecule has 0 aliphatic carbocycles. The molecule has 1 amide bonds. The molecule has 0 spiro atoms. The molecule has 100 valence electrons. The molecule has 1 heterocycles. The fourth-order valence-electron chi connectivity index (χ4n) is 1.73. The van der Waals surface area contributed by atoms with Gasteiger partial charge >= 0.3 is 0 Å². The van der Waals surface area contributed by atoms with E-state index in [-0.39, 0.29) is 12.5 Å². The third kappa shape index (κ3) is 3.35. The van der Waals surface area contributed by atoms with E-state index in [0.717, 1.165) is 16.9 Å². The second-order valence-electron chi connectivity index (χ2n) is 4.13. The van der Waals surface area contributed by atoms with Gasteiger partial charge < -0.3 is 10.4 Å². The summed E-state index contributed by atoms with van der Waals surface area (Å²) < 4.78 is 1.56. The highest BCUT2D eigenvalue weighted by molar-refractivity contribution is 5.90. The van der Waals surface area contributed by atoms with Crippen molar-refractivity contribution in [1.82, 2.24) is 20.2 Å². The van der Waals surface area contributed by atoms with Crippen LogP contribution in [0.2, 0.25) is 0 Å². The minimum absolute atomic E-state index is 0.0185. The normalized spacial score (nSPS) is 10.4. The first kappa shape index (κ1) is 13.2. The van der Waals surface area contributed by atoms with E-state index >= 15 is 0 Å². The molecular weight excluding hydrogens is 246 g/mol. The molecule has 2 aromatic rings. The molecule has 0 saturated carbocycles. The van der Waals surface area contributed by atoms with Gasteiger partial charge in [0.25, 0.3) is 0 Å². The van der Waals surface area contributed by atoms with Crippen molar-refractivity contribution in [2.24, 2.45) is 0 Å². The maximum absolute atomic E-state index is 11.5. The second kappa shape index (κ2) is 6.05. The molecule has 7 heteroatoms. The molecule has 0 fully saturated rings. The van der Waals surface area contributed by atoms with Crippen LogP contribution in [0, 0.1) is 6.92 Å². The number of hydrogen-bond acceptors (Lipinski definition) is 5. The molecule has 0 aliphatic rings. The number of amides is 1. The van der Waals surface area contributed by atoms with Crippen molar-refractivity contribution < 1.29 is 9.90 Å². The topological polar surface area (TPSA) is 92.9 Å². The predicted octanol–water partition coefficient (Wildman–Crippen LogP) is 0.682. The number of carbonyl (C=O) groups excluding carboxylic acids is 1. The van der Waals surface area contributed by atoms with E-state index in [1.54, 1.807) is 10.7 Å². The van der Waals surface area contributed by atoms with Crippen molar-refractivity contribution in [2.45, 2.75) is 19.8 Å². The SMILES string of the molecule is Cc1cc(NC(=O)CCCO)ccc1-n1cnnn1. The Kier molecular flexibility index (Phi) is 4.19. The van der Waals surface area contributed by atoms with Crippen molar-refractivity contribution in [3.05, 3.63) is 30.1 Å². The minimum Gasteiger partial charge on any atom is -0.396 e. The number of hydrogen-bond donors (Lipinski definition) is 2. The van der Waals surface area contributed by atoms with Crippen LogP contribution in [0.4, 0.5) is 5.69 Å². The number of nitrogens with zero attached hydrogens (tertiary/aromatic N) is 4. The first-order valence-electron chi connectivity index (χ1n) is 5.95. The van der Waals surface area contributed by atoms with E-state index in [4.69, 9.17) is 5.11 Å². The highest BCUT2D eigenvalue weighted by Crippen LogP contribution is 2.18. The summed E-state index contributed by atoms with van der Waals surface area (Å²) in [7, 11) is 0. The number of aliphatic hydroxyl groups is 1. The maximum atomic E-state index is 11.5. The fourth-order valence-corrected chi connectivity index (χ4v) is 1.73. The van der Waals surface area contributed by atoms with Crippen molar-refractivity contribution in [2.75, 3.05) is 11.9 Å². The Labute approximate surface area is 110 Å². The van der Waals surface area contributed by atoms with Gasteiger partial charge in [-0.2, -0.15) is 0 Å². The van der Waals surface area contributed by atoms with Gasteiger partial charge in [-0.25, -0.2) is 4.68 Å². The van der Waals surface area contributed by atoms with Crippen LogP contribution in [0.1, 0.15) is 18.4 Å². The van der Waals surface area contributed by atoms with Gasteiger partial charge in [0.05, 0.1) is 5.69 Å². The Hall–Kier alpha value is -2.28. The van der Waals surface area contributed by atoms with Gasteiger partial charge in [-0.1, -0.05) is 0 Å². The molecule has 0 aliphatic heterocycles. The number of rotatable bonds is 5. The van der Waals surface area contributed by atoms with Gasteiger partial charge in [-0.15, -0.1) is 5.10 Å². The molecule has 1 aromatic carbocycles. The van der Waals surface area contributed by atoms with Crippen LogP contribution in [-0.4, -0.2) is 37.8 Å². The molecule has 19 heavy (non-hydrogen) atoms. The van der Waals surface area contributed by atoms with Crippen LogP contribution in [0.5, 0.6) is 0 Å². The quantitative estimate of drug-likeness (QED) is 0.825. The van der Waals surface area contributed by atoms with Crippen LogP contribution >= 0.6 is 0 Å². The Morgan fingerprint density at radius 2 is 2.32 bits per heavy atom. The second-order valence-corrected chi connectivity index (χ2v) is 4.13. The van der Waals surface area contributed by atoms with Gasteiger partial charge in [0, 0.05) is 18.7 Å². The van der Waals surface area contributed by atoms with Crippen molar-refractivity contribution >= 4 is 11.6 Å². The van der Waals surface area contributed by atoms with Crippen LogP contribution < -0.4 is 5.32 Å². The third-order valence-electron chi connectivity index (χ3n) is 2.64. The zero-order chi connectivity index (χ0) is 13.7. The predicted molar refractivity (Wildman–Crippen MR) is 68.8 cm³/mol. The molecule has 2 N–H and O–H groups in total. The highest BCUT2D eigenvalue weighted by Gasteiger charge is 2.06. The number of benzene rings is 1. The Morgan fingerprint density at radius 3 is 2.95 bits per heavy atom. The van der Waals surface area contributed by atoms with E-state index in [0.29, 0.717) is 12.8 Å². The van der Waals surface area contributed by atoms with Crippen LogP contribution in [-0.2, 0) is 4.79 Å². The van der Waals surface area contributed by atoms with Gasteiger partial charge in [0.2, 0.25) is 5.91 Å². The van der Waals surface area contributed by atoms with Crippen molar-refractivity contribution in [3.63, 3.8) is 0 Å². The average Bonchev–Trinajstić information content (AvgIpc) is 2.90. The lowest BCUT2D eigenvalue weighted by atomic mass is 10.1. The maximum Gasteiger partial charge on any atom is 0.224 e. The number of carbonyl (C=O) groups is 1. The number of aryl methyl sites for hydroxylation is 1. The fraction of sp³-hybridized carbons (Fsp3) is 0.333. The molecule has 1 aromatic heterocycles. The Morgan fingerprint density at radius 1 is 1.47 bits per heavy atom. The molecule has 0 atom stereocenters. The smallest absolute Gasteiger partial charge is 0.224 e. The number of nitrogens with one attached hydrogen (secondary N) is 1. The summed E-state index contributed by atoms with van der Waals surface area (Å²) in [5.41, 5.74) is 2.53. The first-order chi connectivity index (χ1) is 9.20. The van der Waals surface area contributed by atoms with Gasteiger partial charge in [-0.3, -0.25) is 4.79 Å². The highest BCUT2D eigenvalue weighted by atomic mass is 16.3. The summed E-state index contributed by atoms with van der Waals surface area (Å²) in [5, 5.41) is 22.4. The summed E-state index contributed by atoms with van der Waals surface area (Å²) in [6.07, 6.45) is 2.29. The molecule has 0 unspecified atom stereocenters. The summed E-state index contributed by atoms with van der Waals surface area (Å²) in [6.45, 7) is 1.94. The number of aliphatic hydroxyl groups excluding tert-OH is 1. The van der Waals surface area contributed by atoms with E-state index in [9.17, 15) is 4.79 Å². The molecular formula is C12H15N5O2. The molecule has 0 radical (unpaired) electrons. The van der Waals surface area contributed by atoms with Crippen LogP contribution in [0.25, 0.3) is 5.69 Å². The standard InChI is InChI=1S/C12H15N5O2/c1-9-7-10(14-12(19)3-2-6-18)4-5-11(9)17-8-13-15-16-17/h4-5,7-8,18H,2-3,6H2,1H3,(H,14,19). The van der Waals surface area contributed by atoms with Gasteiger partial charge in [0.1, 0.15) is 6.33 Å². The van der Waals surface area contributed by atoms with Crippen LogP contribution in [0.3, 0.4) is 0 Å². The number of anilines is 1. The number of aromatic nitrogens is 4. The lowest BCUT2D eigenvalue weighted by molar-refractivity contribution is -0.116. The van der Waals surface area contributed by atoms with Crippen molar-refractivity contribution in [3.8, 4) is 5.69 Å². The Balaban J connectivity index is 2.09. The van der Waals surface area contributed by atoms with Crippen LogP contribution in [0.15, 0.2) is 24.5 Å². The van der Waals surface area contributed by atoms with E-state index < -0.39 is 0 Å². The summed E-state index contributed by atoms with van der Waals surface area (Å²) >= 11 is 0. The largest absolute Gasteiger partial charge is 0.396 e. The first-order valence-corrected chi connectivity index (χ1v) is 5.95. The molecule has 2 rings (SSSR count). The summed E-state index contributed by atoms with van der Waals surface area (Å²) in [6, 6.07) is 5.49. The molecule has 0 saturated heterocycles. The van der Waals surface area contributed by atoms with E-state index in [1.807, 2.05) is 19.1 Å². The third-order valence-corrected chi connectivity index (χ3v) is 2.64.